The summed E-state index contributed by atoms with van der Waals surface area (Å²) in [7, 11) is 0. The van der Waals surface area contributed by atoms with Gasteiger partial charge in [-0.05, 0) is 55.5 Å². The van der Waals surface area contributed by atoms with Gasteiger partial charge in [-0.3, -0.25) is 9.59 Å². The van der Waals surface area contributed by atoms with Crippen molar-refractivity contribution in [2.75, 3.05) is 0 Å². The van der Waals surface area contributed by atoms with Crippen LogP contribution in [0.4, 0.5) is 4.39 Å². The number of nitrogens with one attached hydrogen (secondary N) is 2. The third-order valence-corrected chi connectivity index (χ3v) is 4.44. The molecule has 0 fully saturated rings. The van der Waals surface area contributed by atoms with Crippen molar-refractivity contribution >= 4 is 11.8 Å². The highest BCUT2D eigenvalue weighted by atomic mass is 19.1. The van der Waals surface area contributed by atoms with Crippen LogP contribution in [-0.4, -0.2) is 23.9 Å². The van der Waals surface area contributed by atoms with Crippen molar-refractivity contribution in [2.45, 2.75) is 45.7 Å². The molecular formula is C22H27FN2O2. The quantitative estimate of drug-likeness (QED) is 0.744. The SMILES string of the molecule is CC(CCc1ccccc1)NC(=O)C(NC(=O)c1ccc(F)cc1)C(C)C. The van der Waals surface area contributed by atoms with Gasteiger partial charge in [-0.25, -0.2) is 4.39 Å². The first-order valence-electron chi connectivity index (χ1n) is 9.27. The first kappa shape index (κ1) is 20.6. The molecule has 0 bridgehead atoms. The zero-order valence-electron chi connectivity index (χ0n) is 16.0. The van der Waals surface area contributed by atoms with Crippen LogP contribution in [0.25, 0.3) is 0 Å². The van der Waals surface area contributed by atoms with Gasteiger partial charge in [0.1, 0.15) is 11.9 Å². The fourth-order valence-electron chi connectivity index (χ4n) is 2.79. The van der Waals surface area contributed by atoms with Gasteiger partial charge in [-0.15, -0.1) is 0 Å². The molecule has 144 valence electrons. The van der Waals surface area contributed by atoms with E-state index in [1.54, 1.807) is 0 Å². The maximum Gasteiger partial charge on any atom is 0.251 e. The summed E-state index contributed by atoms with van der Waals surface area (Å²) in [5, 5.41) is 5.74. The second kappa shape index (κ2) is 9.86. The molecule has 4 nitrogen and oxygen atoms in total. The van der Waals surface area contributed by atoms with E-state index in [4.69, 9.17) is 0 Å². The van der Waals surface area contributed by atoms with Crippen molar-refractivity contribution in [1.82, 2.24) is 10.6 Å². The molecule has 2 aromatic carbocycles. The van der Waals surface area contributed by atoms with E-state index in [1.807, 2.05) is 39.0 Å². The summed E-state index contributed by atoms with van der Waals surface area (Å²) in [5.41, 5.74) is 1.55. The number of hydrogen-bond donors (Lipinski definition) is 2. The van der Waals surface area contributed by atoms with Crippen LogP contribution in [0.15, 0.2) is 54.6 Å². The molecule has 0 saturated carbocycles. The predicted octanol–water partition coefficient (Wildman–Crippen LogP) is 3.72. The minimum Gasteiger partial charge on any atom is -0.352 e. The average Bonchev–Trinajstić information content (AvgIpc) is 2.65. The van der Waals surface area contributed by atoms with E-state index in [1.165, 1.54) is 29.8 Å². The molecule has 2 unspecified atom stereocenters. The second-order valence-corrected chi connectivity index (χ2v) is 7.14. The first-order chi connectivity index (χ1) is 12.9. The van der Waals surface area contributed by atoms with Crippen LogP contribution in [-0.2, 0) is 11.2 Å². The highest BCUT2D eigenvalue weighted by molar-refractivity contribution is 5.97. The van der Waals surface area contributed by atoms with E-state index in [0.717, 1.165) is 12.8 Å². The van der Waals surface area contributed by atoms with Crippen LogP contribution in [0.2, 0.25) is 0 Å². The van der Waals surface area contributed by atoms with Crippen LogP contribution in [0.3, 0.4) is 0 Å². The maximum absolute atomic E-state index is 13.0. The molecule has 27 heavy (non-hydrogen) atoms. The topological polar surface area (TPSA) is 58.2 Å². The second-order valence-electron chi connectivity index (χ2n) is 7.14. The molecule has 0 aromatic heterocycles. The van der Waals surface area contributed by atoms with E-state index in [-0.39, 0.29) is 23.8 Å². The molecule has 2 aromatic rings. The Bertz CT molecular complexity index is 745. The lowest BCUT2D eigenvalue weighted by Crippen LogP contribution is -2.51. The standard InChI is InChI=1S/C22H27FN2O2/c1-15(2)20(25-21(26)18-11-13-19(23)14-12-18)22(27)24-16(3)9-10-17-7-5-4-6-8-17/h4-8,11-16,20H,9-10H2,1-3H3,(H,24,27)(H,25,26). The predicted molar refractivity (Wildman–Crippen MR) is 105 cm³/mol. The Kier molecular flexibility index (Phi) is 7.53. The number of halogens is 1. The number of benzene rings is 2. The number of hydrogen-bond acceptors (Lipinski definition) is 2. The minimum absolute atomic E-state index is 0.0123. The minimum atomic E-state index is -0.651. The Hall–Kier alpha value is -2.69. The van der Waals surface area contributed by atoms with Gasteiger partial charge in [0.05, 0.1) is 0 Å². The molecule has 0 aliphatic carbocycles. The van der Waals surface area contributed by atoms with Crippen LogP contribution in [0, 0.1) is 11.7 Å². The lowest BCUT2D eigenvalue weighted by Gasteiger charge is -2.24. The number of amides is 2. The van der Waals surface area contributed by atoms with Gasteiger partial charge in [0.25, 0.3) is 5.91 Å². The molecule has 0 saturated heterocycles. The van der Waals surface area contributed by atoms with Gasteiger partial charge in [0.2, 0.25) is 5.91 Å². The molecule has 5 heteroatoms. The lowest BCUT2D eigenvalue weighted by molar-refractivity contribution is -0.124. The van der Waals surface area contributed by atoms with Crippen LogP contribution in [0.5, 0.6) is 0 Å². The molecule has 0 aliphatic heterocycles. The first-order valence-corrected chi connectivity index (χ1v) is 9.27. The molecule has 2 atom stereocenters. The Morgan fingerprint density at radius 3 is 2.15 bits per heavy atom. The van der Waals surface area contributed by atoms with Crippen LogP contribution in [0.1, 0.15) is 43.1 Å². The summed E-state index contributed by atoms with van der Waals surface area (Å²) in [4.78, 5) is 25.0. The summed E-state index contributed by atoms with van der Waals surface area (Å²) >= 11 is 0. The zero-order chi connectivity index (χ0) is 19.8. The third-order valence-electron chi connectivity index (χ3n) is 4.44. The van der Waals surface area contributed by atoms with Crippen LogP contribution < -0.4 is 10.6 Å². The highest BCUT2D eigenvalue weighted by Crippen LogP contribution is 2.09. The highest BCUT2D eigenvalue weighted by Gasteiger charge is 2.25. The van der Waals surface area contributed by atoms with Gasteiger partial charge in [0.15, 0.2) is 0 Å². The van der Waals surface area contributed by atoms with Gasteiger partial charge < -0.3 is 10.6 Å². The fourth-order valence-corrected chi connectivity index (χ4v) is 2.79. The van der Waals surface area contributed by atoms with Gasteiger partial charge in [-0.1, -0.05) is 44.2 Å². The normalized spacial score (nSPS) is 13.1. The zero-order valence-corrected chi connectivity index (χ0v) is 16.0. The van der Waals surface area contributed by atoms with Crippen molar-refractivity contribution in [1.29, 1.82) is 0 Å². The Labute approximate surface area is 160 Å². The van der Waals surface area contributed by atoms with Crippen molar-refractivity contribution < 1.29 is 14.0 Å². The third kappa shape index (κ3) is 6.51. The van der Waals surface area contributed by atoms with E-state index in [0.29, 0.717) is 5.56 Å². The largest absolute Gasteiger partial charge is 0.352 e. The van der Waals surface area contributed by atoms with Crippen LogP contribution >= 0.6 is 0 Å². The van der Waals surface area contributed by atoms with Crippen molar-refractivity contribution in [3.05, 3.63) is 71.5 Å². The van der Waals surface area contributed by atoms with E-state index in [9.17, 15) is 14.0 Å². The number of carbonyl (C=O) groups excluding carboxylic acids is 2. The summed E-state index contributed by atoms with van der Waals surface area (Å²) < 4.78 is 13.0. The smallest absolute Gasteiger partial charge is 0.251 e. The fraction of sp³-hybridized carbons (Fsp3) is 0.364. The summed E-state index contributed by atoms with van der Waals surface area (Å²) in [6.07, 6.45) is 1.68. The van der Waals surface area contributed by atoms with E-state index in [2.05, 4.69) is 22.8 Å². The summed E-state index contributed by atoms with van der Waals surface area (Å²) in [6.45, 7) is 5.72. The van der Waals surface area contributed by atoms with Crippen molar-refractivity contribution in [3.63, 3.8) is 0 Å². The molecule has 2 amide bonds. The molecule has 0 spiro atoms. The number of aryl methyl sites for hydroxylation is 1. The molecule has 0 aliphatic rings. The van der Waals surface area contributed by atoms with E-state index < -0.39 is 11.9 Å². The molecule has 0 heterocycles. The average molecular weight is 370 g/mol. The van der Waals surface area contributed by atoms with Gasteiger partial charge in [0, 0.05) is 11.6 Å². The summed E-state index contributed by atoms with van der Waals surface area (Å²) in [6, 6.07) is 14.7. The Balaban J connectivity index is 1.91. The molecular weight excluding hydrogens is 343 g/mol. The van der Waals surface area contributed by atoms with Gasteiger partial charge >= 0.3 is 0 Å². The van der Waals surface area contributed by atoms with Gasteiger partial charge in [-0.2, -0.15) is 0 Å². The molecule has 2 N–H and O–H groups in total. The lowest BCUT2D eigenvalue weighted by atomic mass is 10.0. The van der Waals surface area contributed by atoms with Crippen molar-refractivity contribution in [3.8, 4) is 0 Å². The summed E-state index contributed by atoms with van der Waals surface area (Å²) in [5.74, 6) is -1.07. The van der Waals surface area contributed by atoms with E-state index >= 15 is 0 Å². The maximum atomic E-state index is 13.0. The number of rotatable bonds is 8. The Morgan fingerprint density at radius 1 is 0.926 bits per heavy atom. The molecule has 2 rings (SSSR count). The van der Waals surface area contributed by atoms with Crippen molar-refractivity contribution in [2.24, 2.45) is 5.92 Å². The molecule has 0 radical (unpaired) electrons. The monoisotopic (exact) mass is 370 g/mol. The Morgan fingerprint density at radius 2 is 1.56 bits per heavy atom. The number of carbonyl (C=O) groups is 2.